The number of benzene rings is 2. The third-order valence-corrected chi connectivity index (χ3v) is 5.38. The highest BCUT2D eigenvalue weighted by atomic mass is 19.1. The molecule has 0 saturated heterocycles. The topological polar surface area (TPSA) is 85.8 Å². The highest BCUT2D eigenvalue weighted by Crippen LogP contribution is 2.31. The van der Waals surface area contributed by atoms with E-state index in [2.05, 4.69) is 12.2 Å². The predicted molar refractivity (Wildman–Crippen MR) is 122 cm³/mol. The fraction of sp³-hybridized carbons (Fsp3) is 0.292. The van der Waals surface area contributed by atoms with Crippen molar-refractivity contribution in [3.8, 4) is 5.69 Å². The molecule has 31 heavy (non-hydrogen) atoms. The van der Waals surface area contributed by atoms with Gasteiger partial charge < -0.3 is 11.1 Å². The van der Waals surface area contributed by atoms with Crippen molar-refractivity contribution in [3.05, 3.63) is 59.9 Å². The number of unbranched alkanes of at least 4 members (excludes halogenated alkanes) is 4. The van der Waals surface area contributed by atoms with Crippen LogP contribution in [0.5, 0.6) is 0 Å². The summed E-state index contributed by atoms with van der Waals surface area (Å²) in [6.07, 6.45) is 5.53. The molecule has 0 bridgehead atoms. The number of hydrogen-bond donors (Lipinski definition) is 2. The Morgan fingerprint density at radius 2 is 1.68 bits per heavy atom. The Balaban J connectivity index is 1.75. The van der Waals surface area contributed by atoms with Gasteiger partial charge in [-0.15, -0.1) is 0 Å². The monoisotopic (exact) mass is 419 g/mol. The predicted octanol–water partition coefficient (Wildman–Crippen LogP) is 5.00. The van der Waals surface area contributed by atoms with E-state index in [-0.39, 0.29) is 17.5 Å². The van der Waals surface area contributed by atoms with Crippen molar-refractivity contribution in [2.24, 2.45) is 0 Å². The molecule has 0 fully saturated rings. The number of carbonyl (C=O) groups is 1. The van der Waals surface area contributed by atoms with Gasteiger partial charge in [-0.3, -0.25) is 9.36 Å². The third-order valence-electron chi connectivity index (χ3n) is 5.38. The summed E-state index contributed by atoms with van der Waals surface area (Å²) in [5, 5.41) is 2.97. The highest BCUT2D eigenvalue weighted by Gasteiger charge is 2.24. The number of anilines is 1. The molecule has 0 aliphatic rings. The van der Waals surface area contributed by atoms with Crippen molar-refractivity contribution < 1.29 is 9.18 Å². The lowest BCUT2D eigenvalue weighted by atomic mass is 10.1. The number of aromatic nitrogens is 3. The van der Waals surface area contributed by atoms with Gasteiger partial charge in [0.25, 0.3) is 5.91 Å². The second kappa shape index (κ2) is 9.12. The van der Waals surface area contributed by atoms with E-state index in [0.717, 1.165) is 19.3 Å². The smallest absolute Gasteiger partial charge is 0.257 e. The van der Waals surface area contributed by atoms with Gasteiger partial charge in [-0.25, -0.2) is 14.4 Å². The largest absolute Gasteiger partial charge is 0.384 e. The number of nitrogen functional groups attached to an aromatic ring is 1. The fourth-order valence-electron chi connectivity index (χ4n) is 3.76. The van der Waals surface area contributed by atoms with Gasteiger partial charge in [-0.05, 0) is 42.8 Å². The molecule has 7 heteroatoms. The Morgan fingerprint density at radius 3 is 2.39 bits per heavy atom. The van der Waals surface area contributed by atoms with Crippen molar-refractivity contribution in [2.45, 2.75) is 39.0 Å². The van der Waals surface area contributed by atoms with Crippen molar-refractivity contribution in [1.82, 2.24) is 19.9 Å². The molecule has 0 spiro atoms. The van der Waals surface area contributed by atoms with E-state index >= 15 is 0 Å². The Bertz CT molecular complexity index is 1220. The Labute approximate surface area is 180 Å². The summed E-state index contributed by atoms with van der Waals surface area (Å²) in [7, 11) is 0. The maximum Gasteiger partial charge on any atom is 0.257 e. The van der Waals surface area contributed by atoms with E-state index in [4.69, 9.17) is 15.7 Å². The zero-order chi connectivity index (χ0) is 21.8. The van der Waals surface area contributed by atoms with Crippen LogP contribution in [-0.2, 0) is 0 Å². The van der Waals surface area contributed by atoms with Crippen LogP contribution in [-0.4, -0.2) is 27.0 Å². The number of rotatable bonds is 8. The number of hydrogen-bond acceptors (Lipinski definition) is 4. The van der Waals surface area contributed by atoms with Crippen molar-refractivity contribution in [2.75, 3.05) is 12.3 Å². The fourth-order valence-corrected chi connectivity index (χ4v) is 3.76. The lowest BCUT2D eigenvalue weighted by molar-refractivity contribution is 0.0955. The number of nitrogens with zero attached hydrogens (tertiary/aromatic N) is 3. The quantitative estimate of drug-likeness (QED) is 0.394. The number of para-hydroxylation sites is 2. The standard InChI is InChI=1S/C24H26FN5O/c1-2-3-4-5-8-15-27-24(31)20-21-23(29-19-10-7-6-9-18(19)28-21)30(22(20)26)17-13-11-16(25)12-14-17/h6-7,9-14H,2-5,8,15,26H2,1H3,(H,27,31). The molecule has 0 aliphatic heterocycles. The molecule has 2 aromatic heterocycles. The molecule has 1 amide bonds. The highest BCUT2D eigenvalue weighted by molar-refractivity contribution is 6.11. The molecule has 2 aromatic carbocycles. The lowest BCUT2D eigenvalue weighted by Gasteiger charge is -2.08. The average molecular weight is 420 g/mol. The summed E-state index contributed by atoms with van der Waals surface area (Å²) < 4.78 is 15.1. The van der Waals surface area contributed by atoms with E-state index in [0.29, 0.717) is 40.0 Å². The van der Waals surface area contributed by atoms with Crippen molar-refractivity contribution in [1.29, 1.82) is 0 Å². The minimum absolute atomic E-state index is 0.236. The molecule has 4 aromatic rings. The maximum absolute atomic E-state index is 13.5. The SMILES string of the molecule is CCCCCCCNC(=O)c1c(N)n(-c2ccc(F)cc2)c2nc3ccccc3nc12. The van der Waals surface area contributed by atoms with Crippen LogP contribution in [0.3, 0.4) is 0 Å². The summed E-state index contributed by atoms with van der Waals surface area (Å²) in [4.78, 5) is 22.5. The van der Waals surface area contributed by atoms with Gasteiger partial charge >= 0.3 is 0 Å². The molecule has 0 saturated carbocycles. The van der Waals surface area contributed by atoms with Gasteiger partial charge in [0.15, 0.2) is 5.65 Å². The van der Waals surface area contributed by atoms with Crippen LogP contribution >= 0.6 is 0 Å². The summed E-state index contributed by atoms with van der Waals surface area (Å²) in [6.45, 7) is 2.75. The first-order chi connectivity index (χ1) is 15.1. The first kappa shape index (κ1) is 20.8. The molecule has 0 atom stereocenters. The first-order valence-corrected chi connectivity index (χ1v) is 10.7. The van der Waals surface area contributed by atoms with Crippen LogP contribution in [0.25, 0.3) is 27.9 Å². The number of halogens is 1. The van der Waals surface area contributed by atoms with Gasteiger partial charge in [0.05, 0.1) is 11.0 Å². The van der Waals surface area contributed by atoms with Crippen molar-refractivity contribution in [3.63, 3.8) is 0 Å². The van der Waals surface area contributed by atoms with Crippen LogP contribution in [0.15, 0.2) is 48.5 Å². The van der Waals surface area contributed by atoms with E-state index in [1.807, 2.05) is 24.3 Å². The summed E-state index contributed by atoms with van der Waals surface area (Å²) in [5.41, 5.74) is 9.64. The van der Waals surface area contributed by atoms with E-state index in [1.54, 1.807) is 16.7 Å². The van der Waals surface area contributed by atoms with E-state index in [9.17, 15) is 9.18 Å². The number of fused-ring (bicyclic) bond motifs is 2. The number of nitrogens with one attached hydrogen (secondary N) is 1. The third kappa shape index (κ3) is 4.21. The second-order valence-electron chi connectivity index (χ2n) is 7.63. The lowest BCUT2D eigenvalue weighted by Crippen LogP contribution is -2.25. The van der Waals surface area contributed by atoms with Crippen LogP contribution in [0.2, 0.25) is 0 Å². The van der Waals surface area contributed by atoms with Crippen LogP contribution in [0.4, 0.5) is 10.2 Å². The molecule has 0 radical (unpaired) electrons. The molecule has 6 nitrogen and oxygen atoms in total. The molecule has 160 valence electrons. The van der Waals surface area contributed by atoms with Crippen molar-refractivity contribution >= 4 is 33.9 Å². The normalized spacial score (nSPS) is 11.3. The average Bonchev–Trinajstić information content (AvgIpc) is 3.06. The summed E-state index contributed by atoms with van der Waals surface area (Å²) in [6, 6.07) is 13.4. The molecular formula is C24H26FN5O. The van der Waals surface area contributed by atoms with Crippen LogP contribution in [0.1, 0.15) is 49.4 Å². The minimum atomic E-state index is -0.351. The van der Waals surface area contributed by atoms with E-state index in [1.165, 1.54) is 25.0 Å². The molecule has 4 rings (SSSR count). The Morgan fingerprint density at radius 1 is 1.00 bits per heavy atom. The molecule has 2 heterocycles. The Kier molecular flexibility index (Phi) is 6.11. The second-order valence-corrected chi connectivity index (χ2v) is 7.63. The van der Waals surface area contributed by atoms with Gasteiger partial charge in [0.1, 0.15) is 22.7 Å². The van der Waals surface area contributed by atoms with Crippen LogP contribution in [0, 0.1) is 5.82 Å². The Hall–Kier alpha value is -3.48. The number of amides is 1. The number of carbonyl (C=O) groups excluding carboxylic acids is 1. The zero-order valence-corrected chi connectivity index (χ0v) is 17.6. The molecule has 3 N–H and O–H groups in total. The van der Waals surface area contributed by atoms with Gasteiger partial charge in [0, 0.05) is 12.2 Å². The maximum atomic E-state index is 13.5. The van der Waals surface area contributed by atoms with Gasteiger partial charge in [-0.1, -0.05) is 44.7 Å². The molecule has 0 aliphatic carbocycles. The van der Waals surface area contributed by atoms with Gasteiger partial charge in [0.2, 0.25) is 0 Å². The molecule has 0 unspecified atom stereocenters. The number of nitrogens with two attached hydrogens (primary N) is 1. The zero-order valence-electron chi connectivity index (χ0n) is 17.6. The van der Waals surface area contributed by atoms with E-state index < -0.39 is 0 Å². The first-order valence-electron chi connectivity index (χ1n) is 10.7. The minimum Gasteiger partial charge on any atom is -0.384 e. The summed E-state index contributed by atoms with van der Waals surface area (Å²) >= 11 is 0. The molecular weight excluding hydrogens is 393 g/mol. The summed E-state index contributed by atoms with van der Waals surface area (Å²) in [5.74, 6) is -0.389. The van der Waals surface area contributed by atoms with Gasteiger partial charge in [-0.2, -0.15) is 0 Å². The van der Waals surface area contributed by atoms with Crippen LogP contribution < -0.4 is 11.1 Å².